The van der Waals surface area contributed by atoms with Crippen molar-refractivity contribution >= 4 is 24.1 Å². The third-order valence-electron chi connectivity index (χ3n) is 4.32. The van der Waals surface area contributed by atoms with Crippen LogP contribution >= 0.6 is 0 Å². The van der Waals surface area contributed by atoms with Crippen molar-refractivity contribution in [3.8, 4) is 0 Å². The molecule has 0 spiro atoms. The molecular weight excluding hydrogens is 289 g/mol. The third-order valence-corrected chi connectivity index (χ3v) is 4.32. The van der Waals surface area contributed by atoms with Gasteiger partial charge in [0.15, 0.2) is 0 Å². The van der Waals surface area contributed by atoms with Crippen molar-refractivity contribution in [2.75, 3.05) is 0 Å². The second-order valence-corrected chi connectivity index (χ2v) is 6.70. The molecule has 119 valence electrons. The molecule has 0 unspecified atom stereocenters. The quantitative estimate of drug-likeness (QED) is 0.503. The van der Waals surface area contributed by atoms with Gasteiger partial charge in [0.25, 0.3) is 0 Å². The summed E-state index contributed by atoms with van der Waals surface area (Å²) in [5.41, 5.74) is 9.59. The second-order valence-electron chi connectivity index (χ2n) is 6.70. The zero-order valence-corrected chi connectivity index (χ0v) is 14.8. The Morgan fingerprint density at radius 3 is 2.00 bits per heavy atom. The van der Waals surface area contributed by atoms with E-state index in [9.17, 15) is 0 Å². The Morgan fingerprint density at radius 1 is 0.917 bits per heavy atom. The van der Waals surface area contributed by atoms with Gasteiger partial charge in [0, 0.05) is 0 Å². The fourth-order valence-corrected chi connectivity index (χ4v) is 2.83. The molecule has 24 heavy (non-hydrogen) atoms. The van der Waals surface area contributed by atoms with Gasteiger partial charge in [-0.15, -0.1) is 6.58 Å². The fourth-order valence-electron chi connectivity index (χ4n) is 2.83. The summed E-state index contributed by atoms with van der Waals surface area (Å²) < 4.78 is 0. The molecule has 0 N–H and O–H groups in total. The van der Waals surface area contributed by atoms with E-state index in [1.54, 1.807) is 0 Å². The van der Waals surface area contributed by atoms with E-state index in [0.29, 0.717) is 0 Å². The maximum Gasteiger partial charge on any atom is 0.215 e. The molecule has 1 heterocycles. The Hall–Kier alpha value is -2.35. The number of aryl methyl sites for hydroxylation is 2. The molecular formula is C22H23BN. The molecule has 2 aromatic carbocycles. The summed E-state index contributed by atoms with van der Waals surface area (Å²) in [4.78, 5) is 4.94. The summed E-state index contributed by atoms with van der Waals surface area (Å²) in [6.45, 7) is 10.3. The van der Waals surface area contributed by atoms with E-state index in [4.69, 9.17) is 4.99 Å². The lowest BCUT2D eigenvalue weighted by atomic mass is 9.62. The van der Waals surface area contributed by atoms with Gasteiger partial charge >= 0.3 is 0 Å². The summed E-state index contributed by atoms with van der Waals surface area (Å²) in [5.74, 6) is 0. The van der Waals surface area contributed by atoms with Gasteiger partial charge in [0.2, 0.25) is 7.28 Å². The van der Waals surface area contributed by atoms with E-state index < -0.39 is 0 Å². The molecule has 1 nitrogen and oxygen atoms in total. The minimum atomic E-state index is 0.945. The smallest absolute Gasteiger partial charge is 0.215 e. The molecule has 0 atom stereocenters. The van der Waals surface area contributed by atoms with Gasteiger partial charge in [0.05, 0.1) is 5.70 Å². The van der Waals surface area contributed by atoms with Crippen LogP contribution in [0.1, 0.15) is 42.0 Å². The van der Waals surface area contributed by atoms with E-state index in [2.05, 4.69) is 83.2 Å². The van der Waals surface area contributed by atoms with Gasteiger partial charge < -0.3 is 0 Å². The zero-order valence-electron chi connectivity index (χ0n) is 14.8. The SMILES string of the molecule is C=C(C)CCC1=NC(c2ccc(C)cc2)=C(c2ccc(C)cc2)[B]1. The number of benzene rings is 2. The van der Waals surface area contributed by atoms with Crippen LogP contribution in [0.15, 0.2) is 65.7 Å². The fraction of sp³-hybridized carbons (Fsp3) is 0.227. The van der Waals surface area contributed by atoms with E-state index >= 15 is 0 Å². The van der Waals surface area contributed by atoms with Crippen molar-refractivity contribution < 1.29 is 0 Å². The van der Waals surface area contributed by atoms with Crippen LogP contribution in [-0.2, 0) is 0 Å². The summed E-state index contributed by atoms with van der Waals surface area (Å²) in [5, 5.41) is 0. The molecule has 3 rings (SSSR count). The minimum absolute atomic E-state index is 0.945. The lowest BCUT2D eigenvalue weighted by Gasteiger charge is -2.08. The van der Waals surface area contributed by atoms with Crippen LogP contribution in [0, 0.1) is 13.8 Å². The van der Waals surface area contributed by atoms with Gasteiger partial charge in [-0.1, -0.05) is 65.2 Å². The highest BCUT2D eigenvalue weighted by atomic mass is 14.8. The normalized spacial score (nSPS) is 13.7. The molecule has 0 bridgehead atoms. The Balaban J connectivity index is 1.98. The Labute approximate surface area is 146 Å². The Morgan fingerprint density at radius 2 is 1.46 bits per heavy atom. The number of aliphatic imine (C=N–C) groups is 1. The van der Waals surface area contributed by atoms with Crippen molar-refractivity contribution in [2.24, 2.45) is 4.99 Å². The molecule has 0 saturated carbocycles. The minimum Gasteiger partial charge on any atom is -0.268 e. The first kappa shape index (κ1) is 16.5. The van der Waals surface area contributed by atoms with Gasteiger partial charge in [-0.05, 0) is 55.8 Å². The lowest BCUT2D eigenvalue weighted by molar-refractivity contribution is 1.03. The molecule has 1 aliphatic rings. The van der Waals surface area contributed by atoms with Crippen LogP contribution in [0.25, 0.3) is 11.2 Å². The highest BCUT2D eigenvalue weighted by Gasteiger charge is 2.21. The van der Waals surface area contributed by atoms with Crippen molar-refractivity contribution in [1.29, 1.82) is 0 Å². The van der Waals surface area contributed by atoms with Crippen LogP contribution < -0.4 is 0 Å². The van der Waals surface area contributed by atoms with Crippen LogP contribution in [0.2, 0.25) is 0 Å². The molecule has 0 aromatic heterocycles. The maximum absolute atomic E-state index is 4.94. The first-order chi connectivity index (χ1) is 11.5. The molecule has 1 radical (unpaired) electrons. The van der Waals surface area contributed by atoms with Crippen LogP contribution in [0.4, 0.5) is 0 Å². The highest BCUT2D eigenvalue weighted by molar-refractivity contribution is 6.93. The Bertz CT molecular complexity index is 808. The van der Waals surface area contributed by atoms with Crippen molar-refractivity contribution in [2.45, 2.75) is 33.6 Å². The van der Waals surface area contributed by atoms with Crippen LogP contribution in [0.5, 0.6) is 0 Å². The molecule has 0 fully saturated rings. The van der Waals surface area contributed by atoms with Gasteiger partial charge in [-0.3, -0.25) is 4.99 Å². The molecule has 2 aromatic rings. The first-order valence-electron chi connectivity index (χ1n) is 8.48. The number of allylic oxidation sites excluding steroid dienone is 1. The lowest BCUT2D eigenvalue weighted by Crippen LogP contribution is -2.07. The number of hydrogen-bond donors (Lipinski definition) is 0. The van der Waals surface area contributed by atoms with Crippen LogP contribution in [-0.4, -0.2) is 12.9 Å². The standard InChI is InChI=1S/C22H23BN/c1-15(2)5-14-20-23-21(18-10-6-16(3)7-11-18)22(24-20)19-12-8-17(4)9-13-19/h6-13H,1,5,14H2,2-4H3. The molecule has 2 heteroatoms. The average Bonchev–Trinajstić information content (AvgIpc) is 2.98. The van der Waals surface area contributed by atoms with Crippen LogP contribution in [0.3, 0.4) is 0 Å². The predicted octanol–water partition coefficient (Wildman–Crippen LogP) is 5.60. The summed E-state index contributed by atoms with van der Waals surface area (Å²) in [6.07, 6.45) is 1.93. The van der Waals surface area contributed by atoms with E-state index in [1.807, 2.05) is 0 Å². The molecule has 0 saturated heterocycles. The molecule has 1 aliphatic heterocycles. The second kappa shape index (κ2) is 7.04. The zero-order chi connectivity index (χ0) is 17.1. The largest absolute Gasteiger partial charge is 0.268 e. The summed E-state index contributed by atoms with van der Waals surface area (Å²) >= 11 is 0. The predicted molar refractivity (Wildman–Crippen MR) is 106 cm³/mol. The number of hydrogen-bond acceptors (Lipinski definition) is 1. The third kappa shape index (κ3) is 3.76. The monoisotopic (exact) mass is 312 g/mol. The van der Waals surface area contributed by atoms with Crippen molar-refractivity contribution in [3.05, 3.63) is 82.9 Å². The summed E-state index contributed by atoms with van der Waals surface area (Å²) in [7, 11) is 2.24. The average molecular weight is 312 g/mol. The van der Waals surface area contributed by atoms with Gasteiger partial charge in [-0.2, -0.15) is 0 Å². The van der Waals surface area contributed by atoms with E-state index in [-0.39, 0.29) is 0 Å². The number of nitrogens with zero attached hydrogens (tertiary/aromatic N) is 1. The summed E-state index contributed by atoms with van der Waals surface area (Å²) in [6, 6.07) is 17.3. The van der Waals surface area contributed by atoms with Gasteiger partial charge in [0.1, 0.15) is 0 Å². The topological polar surface area (TPSA) is 12.4 Å². The van der Waals surface area contributed by atoms with E-state index in [0.717, 1.165) is 24.1 Å². The molecule has 0 amide bonds. The Kier molecular flexibility index (Phi) is 4.85. The van der Waals surface area contributed by atoms with Crippen molar-refractivity contribution in [3.63, 3.8) is 0 Å². The molecule has 0 aliphatic carbocycles. The van der Waals surface area contributed by atoms with Crippen molar-refractivity contribution in [1.82, 2.24) is 0 Å². The number of rotatable bonds is 5. The van der Waals surface area contributed by atoms with E-state index in [1.165, 1.54) is 33.3 Å². The maximum atomic E-state index is 4.94. The van der Waals surface area contributed by atoms with Gasteiger partial charge in [-0.25, -0.2) is 0 Å². The first-order valence-corrected chi connectivity index (χ1v) is 8.48. The highest BCUT2D eigenvalue weighted by Crippen LogP contribution is 2.32.